The van der Waals surface area contributed by atoms with E-state index in [0.29, 0.717) is 6.54 Å². The van der Waals surface area contributed by atoms with Gasteiger partial charge in [0.05, 0.1) is 17.8 Å². The molecule has 1 aromatic heterocycles. The Morgan fingerprint density at radius 2 is 1.84 bits per heavy atom. The van der Waals surface area contributed by atoms with Crippen molar-refractivity contribution in [2.75, 3.05) is 11.9 Å². The molecule has 1 N–H and O–H groups in total. The molecule has 168 valence electrons. The van der Waals surface area contributed by atoms with E-state index in [4.69, 9.17) is 0 Å². The van der Waals surface area contributed by atoms with Crippen molar-refractivity contribution in [1.82, 2.24) is 14.4 Å². The van der Waals surface area contributed by atoms with Crippen LogP contribution in [0.25, 0.3) is 0 Å². The molecule has 1 aliphatic rings. The predicted octanol–water partition coefficient (Wildman–Crippen LogP) is 4.48. The number of hydrogen-bond acceptors (Lipinski definition) is 2. The molecule has 1 aliphatic carbocycles. The van der Waals surface area contributed by atoms with Crippen molar-refractivity contribution in [3.05, 3.63) is 53.9 Å². The van der Waals surface area contributed by atoms with Gasteiger partial charge < -0.3 is 19.7 Å². The minimum absolute atomic E-state index is 0.130. The molecule has 0 atom stereocenters. The van der Waals surface area contributed by atoms with Gasteiger partial charge in [-0.25, -0.2) is 4.79 Å². The van der Waals surface area contributed by atoms with Crippen LogP contribution in [0.3, 0.4) is 0 Å². The highest BCUT2D eigenvalue weighted by molar-refractivity contribution is 5.93. The van der Waals surface area contributed by atoms with E-state index in [-0.39, 0.29) is 30.2 Å². The maximum Gasteiger partial charge on any atom is 0.418 e. The number of benzene rings is 1. The fourth-order valence-corrected chi connectivity index (χ4v) is 3.39. The summed E-state index contributed by atoms with van der Waals surface area (Å²) in [5.74, 6) is -0.225. The van der Waals surface area contributed by atoms with Gasteiger partial charge in [-0.15, -0.1) is 0 Å². The van der Waals surface area contributed by atoms with Gasteiger partial charge in [-0.2, -0.15) is 13.2 Å². The van der Waals surface area contributed by atoms with Crippen LogP contribution in [0.2, 0.25) is 0 Å². The average Bonchev–Trinajstić information content (AvgIpc) is 3.45. The van der Waals surface area contributed by atoms with Crippen molar-refractivity contribution in [2.45, 2.75) is 51.5 Å². The van der Waals surface area contributed by atoms with Crippen LogP contribution in [0.15, 0.2) is 42.6 Å². The summed E-state index contributed by atoms with van der Waals surface area (Å²) in [4.78, 5) is 28.9. The summed E-state index contributed by atoms with van der Waals surface area (Å²) in [5, 5.41) is 2.33. The zero-order valence-electron chi connectivity index (χ0n) is 17.8. The van der Waals surface area contributed by atoms with E-state index in [1.807, 2.05) is 29.9 Å². The molecule has 0 unspecified atom stereocenters. The Labute approximate surface area is 179 Å². The molecule has 0 saturated heterocycles. The van der Waals surface area contributed by atoms with Gasteiger partial charge in [-0.3, -0.25) is 4.79 Å². The Bertz CT molecular complexity index is 935. The molecule has 0 radical (unpaired) electrons. The summed E-state index contributed by atoms with van der Waals surface area (Å²) in [6, 6.07) is 7.64. The van der Waals surface area contributed by atoms with Crippen LogP contribution in [-0.4, -0.2) is 44.9 Å². The van der Waals surface area contributed by atoms with Crippen LogP contribution in [0.4, 0.5) is 23.7 Å². The molecule has 1 heterocycles. The smallest absolute Gasteiger partial charge is 0.353 e. The SMILES string of the molecule is CC(C)N(CC(=O)N(Cc1cccn1C)C1CC1)C(=O)Nc1ccccc1C(F)(F)F. The van der Waals surface area contributed by atoms with Gasteiger partial charge in [-0.1, -0.05) is 12.1 Å². The van der Waals surface area contributed by atoms with Crippen LogP contribution >= 0.6 is 0 Å². The first-order valence-corrected chi connectivity index (χ1v) is 10.2. The first-order valence-electron chi connectivity index (χ1n) is 10.2. The Morgan fingerprint density at radius 1 is 1.16 bits per heavy atom. The number of rotatable bonds is 7. The minimum atomic E-state index is -4.60. The lowest BCUT2D eigenvalue weighted by Crippen LogP contribution is -2.48. The number of amides is 3. The topological polar surface area (TPSA) is 57.6 Å². The number of aryl methyl sites for hydroxylation is 1. The second-order valence-corrected chi connectivity index (χ2v) is 8.06. The molecule has 1 saturated carbocycles. The van der Waals surface area contributed by atoms with Crippen molar-refractivity contribution in [3.63, 3.8) is 0 Å². The second kappa shape index (κ2) is 9.03. The quantitative estimate of drug-likeness (QED) is 0.696. The maximum absolute atomic E-state index is 13.3. The molecule has 31 heavy (non-hydrogen) atoms. The lowest BCUT2D eigenvalue weighted by Gasteiger charge is -2.30. The van der Waals surface area contributed by atoms with Crippen molar-refractivity contribution in [2.24, 2.45) is 7.05 Å². The number of hydrogen-bond donors (Lipinski definition) is 1. The normalized spacial score (nSPS) is 13.9. The molecule has 1 aromatic carbocycles. The molecule has 1 fully saturated rings. The highest BCUT2D eigenvalue weighted by Gasteiger charge is 2.36. The average molecular weight is 436 g/mol. The summed E-state index contributed by atoms with van der Waals surface area (Å²) in [5.41, 5.74) is -0.289. The summed E-state index contributed by atoms with van der Waals surface area (Å²) < 4.78 is 41.7. The summed E-state index contributed by atoms with van der Waals surface area (Å²) in [7, 11) is 1.90. The lowest BCUT2D eigenvalue weighted by molar-refractivity contribution is -0.137. The van der Waals surface area contributed by atoms with Crippen LogP contribution < -0.4 is 5.32 Å². The Kier molecular flexibility index (Phi) is 6.62. The van der Waals surface area contributed by atoms with Crippen molar-refractivity contribution < 1.29 is 22.8 Å². The third-order valence-corrected chi connectivity index (χ3v) is 5.36. The molecule has 0 aliphatic heterocycles. The van der Waals surface area contributed by atoms with Crippen molar-refractivity contribution in [3.8, 4) is 0 Å². The van der Waals surface area contributed by atoms with Crippen LogP contribution in [0.1, 0.15) is 37.9 Å². The number of aromatic nitrogens is 1. The van der Waals surface area contributed by atoms with Crippen LogP contribution in [-0.2, 0) is 24.6 Å². The summed E-state index contributed by atoms with van der Waals surface area (Å²) >= 11 is 0. The number of nitrogens with one attached hydrogen (secondary N) is 1. The number of para-hydroxylation sites is 1. The zero-order chi connectivity index (χ0) is 22.8. The van der Waals surface area contributed by atoms with E-state index in [0.717, 1.165) is 24.6 Å². The number of carbonyl (C=O) groups excluding carboxylic acids is 2. The predicted molar refractivity (Wildman–Crippen MR) is 111 cm³/mol. The number of halogens is 3. The monoisotopic (exact) mass is 436 g/mol. The van der Waals surface area contributed by atoms with Gasteiger partial charge in [-0.05, 0) is 51.0 Å². The van der Waals surface area contributed by atoms with E-state index < -0.39 is 17.8 Å². The molecule has 3 rings (SSSR count). The Hall–Kier alpha value is -2.97. The van der Waals surface area contributed by atoms with E-state index in [2.05, 4.69) is 5.32 Å². The van der Waals surface area contributed by atoms with Gasteiger partial charge in [0.25, 0.3) is 0 Å². The molecular formula is C22H27F3N4O2. The standard InChI is InChI=1S/C22H27F3N4O2/c1-15(2)28(21(31)26-19-9-5-4-8-18(19)22(23,24)25)14-20(30)29(16-10-11-16)13-17-7-6-12-27(17)3/h4-9,12,15-16H,10-11,13-14H2,1-3H3,(H,26,31). The third-order valence-electron chi connectivity index (χ3n) is 5.36. The number of anilines is 1. The molecule has 0 spiro atoms. The highest BCUT2D eigenvalue weighted by atomic mass is 19.4. The fraction of sp³-hybridized carbons (Fsp3) is 0.455. The first-order chi connectivity index (χ1) is 14.6. The number of nitrogens with zero attached hydrogens (tertiary/aromatic N) is 3. The Balaban J connectivity index is 1.74. The lowest BCUT2D eigenvalue weighted by atomic mass is 10.1. The zero-order valence-corrected chi connectivity index (χ0v) is 17.8. The third kappa shape index (κ3) is 5.59. The largest absolute Gasteiger partial charge is 0.418 e. The van der Waals surface area contributed by atoms with Gasteiger partial charge in [0.1, 0.15) is 6.54 Å². The van der Waals surface area contributed by atoms with Gasteiger partial charge >= 0.3 is 12.2 Å². The van der Waals surface area contributed by atoms with Gasteiger partial charge in [0, 0.05) is 31.0 Å². The van der Waals surface area contributed by atoms with Crippen LogP contribution in [0.5, 0.6) is 0 Å². The number of urea groups is 1. The molecule has 6 nitrogen and oxygen atoms in total. The first kappa shape index (κ1) is 22.7. The van der Waals surface area contributed by atoms with Crippen molar-refractivity contribution >= 4 is 17.6 Å². The van der Waals surface area contributed by atoms with E-state index in [1.165, 1.54) is 23.1 Å². The van der Waals surface area contributed by atoms with Gasteiger partial charge in [0.15, 0.2) is 0 Å². The highest BCUT2D eigenvalue weighted by Crippen LogP contribution is 2.34. The fourth-order valence-electron chi connectivity index (χ4n) is 3.39. The molecule has 9 heteroatoms. The molecular weight excluding hydrogens is 409 g/mol. The van der Waals surface area contributed by atoms with E-state index in [1.54, 1.807) is 18.7 Å². The molecule has 3 amide bonds. The van der Waals surface area contributed by atoms with Crippen LogP contribution in [0, 0.1) is 0 Å². The van der Waals surface area contributed by atoms with E-state index in [9.17, 15) is 22.8 Å². The summed E-state index contributed by atoms with van der Waals surface area (Å²) in [6.07, 6.45) is -0.886. The minimum Gasteiger partial charge on any atom is -0.353 e. The van der Waals surface area contributed by atoms with E-state index >= 15 is 0 Å². The molecule has 2 aromatic rings. The summed E-state index contributed by atoms with van der Waals surface area (Å²) in [6.45, 7) is 3.67. The maximum atomic E-state index is 13.3. The Morgan fingerprint density at radius 3 is 2.39 bits per heavy atom. The molecule has 0 bridgehead atoms. The van der Waals surface area contributed by atoms with Gasteiger partial charge in [0.2, 0.25) is 5.91 Å². The number of carbonyl (C=O) groups is 2. The number of alkyl halides is 3. The second-order valence-electron chi connectivity index (χ2n) is 8.06. The van der Waals surface area contributed by atoms with Crippen molar-refractivity contribution in [1.29, 1.82) is 0 Å².